The summed E-state index contributed by atoms with van der Waals surface area (Å²) >= 11 is 3.79. The van der Waals surface area contributed by atoms with Crippen LogP contribution in [0.5, 0.6) is 0 Å². The normalized spacial score (nSPS) is 15.6. The van der Waals surface area contributed by atoms with Gasteiger partial charge in [0.1, 0.15) is 4.70 Å². The van der Waals surface area contributed by atoms with E-state index in [1.165, 1.54) is 27.7 Å². The average Bonchev–Trinajstić information content (AvgIpc) is 3.25. The Morgan fingerprint density at radius 2 is 1.97 bits per heavy atom. The molecule has 4 rings (SSSR count). The summed E-state index contributed by atoms with van der Waals surface area (Å²) in [6, 6.07) is 15.1. The molecule has 1 aliphatic heterocycles. The van der Waals surface area contributed by atoms with Gasteiger partial charge in [0.2, 0.25) is 5.52 Å². The summed E-state index contributed by atoms with van der Waals surface area (Å²) in [5.74, 6) is -0.247. The van der Waals surface area contributed by atoms with Gasteiger partial charge in [-0.3, -0.25) is 4.55 Å². The van der Waals surface area contributed by atoms with E-state index in [2.05, 4.69) is 9.37 Å². The Kier molecular flexibility index (Phi) is 7.07. The van der Waals surface area contributed by atoms with Gasteiger partial charge in [0, 0.05) is 22.7 Å². The first-order valence-corrected chi connectivity index (χ1v) is 13.2. The maximum atomic E-state index is 11.6. The van der Waals surface area contributed by atoms with Crippen LogP contribution in [0.2, 0.25) is 0 Å². The van der Waals surface area contributed by atoms with Crippen LogP contribution < -0.4 is 15.2 Å². The highest BCUT2D eigenvalue weighted by atomic mass is 32.2. The minimum absolute atomic E-state index is 0.329. The van der Waals surface area contributed by atoms with Gasteiger partial charge in [-0.25, -0.2) is 5.26 Å². The van der Waals surface area contributed by atoms with E-state index in [0.29, 0.717) is 22.1 Å². The summed E-state index contributed by atoms with van der Waals surface area (Å²) in [7, 11) is -4.25. The number of benzene rings is 2. The van der Waals surface area contributed by atoms with Gasteiger partial charge in [-0.2, -0.15) is 13.0 Å². The van der Waals surface area contributed by atoms with Gasteiger partial charge in [-0.1, -0.05) is 52.4 Å². The van der Waals surface area contributed by atoms with Crippen LogP contribution in [-0.2, 0) is 25.4 Å². The van der Waals surface area contributed by atoms with Crippen molar-refractivity contribution in [3.63, 3.8) is 0 Å². The Morgan fingerprint density at radius 3 is 2.75 bits per heavy atom. The standard InChI is InChI=1S/C19H17N3O6S4/c20-13(9-18-21(11-29-28-27-23)14-5-1-3-7-16(14)30-18)10-19-22(12-32(24,25)26)15-6-2-4-8-17(15)31-19/h1-10,20H,11-12H2,(H2,23,24,25,26)/p+1/b18-9-. The highest BCUT2D eigenvalue weighted by Crippen LogP contribution is 2.46. The Morgan fingerprint density at radius 1 is 1.22 bits per heavy atom. The molecule has 2 heterocycles. The molecular formula is C19H18N3O6S4+. The number of aromatic nitrogens is 1. The second kappa shape index (κ2) is 9.80. The van der Waals surface area contributed by atoms with Gasteiger partial charge >= 0.3 is 10.1 Å². The monoisotopic (exact) mass is 512 g/mol. The van der Waals surface area contributed by atoms with E-state index in [1.54, 1.807) is 24.3 Å². The van der Waals surface area contributed by atoms with Crippen LogP contribution in [-0.4, -0.2) is 24.1 Å². The van der Waals surface area contributed by atoms with E-state index in [0.717, 1.165) is 32.4 Å². The molecule has 0 saturated heterocycles. The van der Waals surface area contributed by atoms with Gasteiger partial charge in [0.15, 0.2) is 0 Å². The molecule has 1 aromatic heterocycles. The molecule has 1 aliphatic rings. The van der Waals surface area contributed by atoms with Gasteiger partial charge in [0.05, 0.1) is 28.6 Å². The van der Waals surface area contributed by atoms with Gasteiger partial charge in [-0.05, 0) is 24.3 Å². The third-order valence-electron chi connectivity index (χ3n) is 4.41. The van der Waals surface area contributed by atoms with Crippen molar-refractivity contribution in [2.45, 2.75) is 10.8 Å². The third-order valence-corrected chi connectivity index (χ3v) is 7.74. The van der Waals surface area contributed by atoms with Crippen LogP contribution in [0.1, 0.15) is 5.01 Å². The first-order chi connectivity index (χ1) is 15.4. The van der Waals surface area contributed by atoms with Gasteiger partial charge < -0.3 is 10.6 Å². The van der Waals surface area contributed by atoms with Crippen molar-refractivity contribution in [1.29, 1.82) is 0 Å². The molecular weight excluding hydrogens is 494 g/mol. The SMILES string of the molecule is NC(=C\c1sc2ccccc2[n+]1CS(=O)(=O)O)/C=C1\Sc2ccccc2N1CSOOO. The zero-order valence-electron chi connectivity index (χ0n) is 16.3. The summed E-state index contributed by atoms with van der Waals surface area (Å²) < 4.78 is 39.5. The maximum absolute atomic E-state index is 11.6. The van der Waals surface area contributed by atoms with E-state index >= 15 is 0 Å². The number of thioether (sulfide) groups is 1. The van der Waals surface area contributed by atoms with Gasteiger partial charge in [0.25, 0.3) is 10.9 Å². The van der Waals surface area contributed by atoms with Crippen molar-refractivity contribution >= 4 is 67.2 Å². The van der Waals surface area contributed by atoms with Crippen molar-refractivity contribution in [1.82, 2.24) is 0 Å². The highest BCUT2D eigenvalue weighted by Gasteiger charge is 2.26. The fourth-order valence-electron chi connectivity index (χ4n) is 3.17. The third kappa shape index (κ3) is 5.27. The Balaban J connectivity index is 1.70. The van der Waals surface area contributed by atoms with E-state index in [1.807, 2.05) is 41.3 Å². The lowest BCUT2D eigenvalue weighted by Gasteiger charge is -2.18. The topological polar surface area (TPSA) is 126 Å². The van der Waals surface area contributed by atoms with Crippen molar-refractivity contribution in [2.75, 3.05) is 10.8 Å². The molecule has 0 spiro atoms. The van der Waals surface area contributed by atoms with E-state index in [4.69, 9.17) is 11.0 Å². The van der Waals surface area contributed by atoms with Crippen molar-refractivity contribution < 1.29 is 32.2 Å². The molecule has 0 bridgehead atoms. The summed E-state index contributed by atoms with van der Waals surface area (Å²) in [6.07, 6.45) is 3.44. The summed E-state index contributed by atoms with van der Waals surface area (Å²) in [5.41, 5.74) is 8.35. The Labute approximate surface area is 196 Å². The molecule has 3 aromatic rings. The number of para-hydroxylation sites is 2. The van der Waals surface area contributed by atoms with Crippen LogP contribution in [0, 0.1) is 0 Å². The first kappa shape index (κ1) is 23.1. The minimum Gasteiger partial charge on any atom is -0.398 e. The van der Waals surface area contributed by atoms with Crippen LogP contribution >= 0.6 is 35.1 Å². The first-order valence-electron chi connectivity index (χ1n) is 9.05. The fraction of sp³-hybridized carbons (Fsp3) is 0.105. The molecule has 0 saturated carbocycles. The molecule has 0 radical (unpaired) electrons. The number of anilines is 1. The van der Waals surface area contributed by atoms with Crippen molar-refractivity contribution in [2.24, 2.45) is 5.73 Å². The Bertz CT molecular complexity index is 1310. The van der Waals surface area contributed by atoms with E-state index in [9.17, 15) is 13.0 Å². The number of nitrogens with zero attached hydrogens (tertiary/aromatic N) is 2. The van der Waals surface area contributed by atoms with Crippen LogP contribution in [0.3, 0.4) is 0 Å². The molecule has 0 amide bonds. The van der Waals surface area contributed by atoms with Crippen LogP contribution in [0.15, 0.2) is 70.2 Å². The number of allylic oxidation sites excluding steroid dienone is 1. The van der Waals surface area contributed by atoms with Crippen LogP contribution in [0.25, 0.3) is 16.3 Å². The molecule has 2 aromatic carbocycles. The number of hydrogen-bond acceptors (Lipinski definition) is 10. The molecule has 0 fully saturated rings. The molecule has 4 N–H and O–H groups in total. The number of thiazole rings is 1. The number of fused-ring (bicyclic) bond motifs is 2. The fourth-order valence-corrected chi connectivity index (χ4v) is 6.66. The predicted octanol–water partition coefficient (Wildman–Crippen LogP) is 3.81. The maximum Gasteiger partial charge on any atom is 0.326 e. The quantitative estimate of drug-likeness (QED) is 0.102. The lowest BCUT2D eigenvalue weighted by Crippen LogP contribution is -2.39. The molecule has 168 valence electrons. The highest BCUT2D eigenvalue weighted by molar-refractivity contribution is 8.04. The van der Waals surface area contributed by atoms with E-state index in [-0.39, 0.29) is 0 Å². The largest absolute Gasteiger partial charge is 0.398 e. The average molecular weight is 513 g/mol. The molecule has 0 unspecified atom stereocenters. The van der Waals surface area contributed by atoms with Crippen molar-refractivity contribution in [3.05, 3.63) is 70.3 Å². The minimum atomic E-state index is -4.25. The Hall–Kier alpha value is -2.10. The summed E-state index contributed by atoms with van der Waals surface area (Å²) in [6.45, 7) is 0. The predicted molar refractivity (Wildman–Crippen MR) is 126 cm³/mol. The van der Waals surface area contributed by atoms with Crippen molar-refractivity contribution in [3.8, 4) is 0 Å². The molecule has 0 atom stereocenters. The second-order valence-electron chi connectivity index (χ2n) is 6.56. The summed E-state index contributed by atoms with van der Waals surface area (Å²) in [4.78, 5) is 2.97. The van der Waals surface area contributed by atoms with E-state index < -0.39 is 16.0 Å². The molecule has 0 aliphatic carbocycles. The number of rotatable bonds is 8. The van der Waals surface area contributed by atoms with Crippen LogP contribution in [0.4, 0.5) is 5.69 Å². The number of hydrogen-bond donors (Lipinski definition) is 3. The number of nitrogens with two attached hydrogens (primary N) is 1. The second-order valence-corrected chi connectivity index (χ2v) is 10.7. The van der Waals surface area contributed by atoms with Gasteiger partial charge in [-0.15, -0.1) is 4.33 Å². The molecule has 9 nitrogen and oxygen atoms in total. The molecule has 32 heavy (non-hydrogen) atoms. The molecule has 13 heteroatoms. The smallest absolute Gasteiger partial charge is 0.326 e. The zero-order valence-corrected chi connectivity index (χ0v) is 19.6. The zero-order chi connectivity index (χ0) is 22.7. The lowest BCUT2D eigenvalue weighted by atomic mass is 10.3. The summed E-state index contributed by atoms with van der Waals surface area (Å²) in [5, 5.41) is 13.5. The lowest BCUT2D eigenvalue weighted by molar-refractivity contribution is -0.649.